The Balaban J connectivity index is 1.82. The van der Waals surface area contributed by atoms with E-state index in [1.165, 1.54) is 14.0 Å². The quantitative estimate of drug-likeness (QED) is 0.118. The summed E-state index contributed by atoms with van der Waals surface area (Å²) in [6.07, 6.45) is 9.50. The summed E-state index contributed by atoms with van der Waals surface area (Å²) in [5, 5.41) is 0. The predicted octanol–water partition coefficient (Wildman–Crippen LogP) is 0.183. The molecule has 1 aliphatic carbocycles. The number of carbonyl (C=O) groups is 3. The molecule has 1 saturated carbocycles. The summed E-state index contributed by atoms with van der Waals surface area (Å²) in [5.41, 5.74) is 0. The fourth-order valence-electron chi connectivity index (χ4n) is 4.09. The van der Waals surface area contributed by atoms with Gasteiger partial charge in [0.15, 0.2) is 0 Å². The zero-order valence-corrected chi connectivity index (χ0v) is 19.6. The average molecular weight is 525 g/mol. The van der Waals surface area contributed by atoms with Gasteiger partial charge in [-0.1, -0.05) is 0 Å². The van der Waals surface area contributed by atoms with Crippen LogP contribution >= 0.6 is 0 Å². The maximum atomic E-state index is 11.9. The monoisotopic (exact) mass is 525 g/mol. The van der Waals surface area contributed by atoms with Crippen molar-refractivity contribution in [1.29, 1.82) is 0 Å². The van der Waals surface area contributed by atoms with Crippen LogP contribution in [-0.4, -0.2) is 48.3 Å². The molecule has 2 rings (SSSR count). The van der Waals surface area contributed by atoms with Gasteiger partial charge in [0, 0.05) is 0 Å². The fraction of sp³-hybridized carbons (Fsp3) is 0.857. The molecule has 4 unspecified atom stereocenters. The van der Waals surface area contributed by atoms with Gasteiger partial charge in [-0.3, -0.25) is 0 Å². The van der Waals surface area contributed by atoms with Crippen molar-refractivity contribution in [3.63, 3.8) is 0 Å². The summed E-state index contributed by atoms with van der Waals surface area (Å²) in [4.78, 5) is 34.6. The topological polar surface area (TPSA) is 88.1 Å². The summed E-state index contributed by atoms with van der Waals surface area (Å²) >= 11 is -0.665. The first kappa shape index (κ1) is 24.5. The van der Waals surface area contributed by atoms with Gasteiger partial charge in [-0.05, 0) is 0 Å². The molecule has 0 aromatic carbocycles. The molecule has 5 atom stereocenters. The Morgan fingerprint density at radius 3 is 2.62 bits per heavy atom. The molecule has 0 bridgehead atoms. The van der Waals surface area contributed by atoms with Gasteiger partial charge in [0.25, 0.3) is 0 Å². The van der Waals surface area contributed by atoms with E-state index < -0.39 is 21.6 Å². The normalized spacial score (nSPS) is 29.5. The molecule has 2 fully saturated rings. The first-order valence-corrected chi connectivity index (χ1v) is 12.8. The van der Waals surface area contributed by atoms with Crippen molar-refractivity contribution in [2.45, 2.75) is 87.5 Å². The van der Waals surface area contributed by atoms with Crippen molar-refractivity contribution < 1.29 is 53.3 Å². The number of unbranched alkanes of at least 4 members (excludes halogenated alkanes) is 3. The molecular formula is C21H34IO7-. The molecular weight excluding hydrogens is 491 g/mol. The van der Waals surface area contributed by atoms with Gasteiger partial charge in [0.2, 0.25) is 0 Å². The summed E-state index contributed by atoms with van der Waals surface area (Å²) in [5.74, 6) is -0.535. The van der Waals surface area contributed by atoms with E-state index in [1.807, 2.05) is 0 Å². The summed E-state index contributed by atoms with van der Waals surface area (Å²) < 4.78 is 22.1. The van der Waals surface area contributed by atoms with E-state index in [2.05, 4.69) is 4.74 Å². The van der Waals surface area contributed by atoms with E-state index in [-0.39, 0.29) is 40.1 Å². The second-order valence-corrected chi connectivity index (χ2v) is 10.4. The Bertz CT molecular complexity index is 521. The van der Waals surface area contributed by atoms with Crippen LogP contribution in [0.1, 0.15) is 71.1 Å². The van der Waals surface area contributed by atoms with E-state index in [1.54, 1.807) is 0 Å². The maximum absolute atomic E-state index is 11.9. The van der Waals surface area contributed by atoms with E-state index in [4.69, 9.17) is 12.5 Å². The van der Waals surface area contributed by atoms with Crippen LogP contribution in [0.2, 0.25) is 0 Å². The van der Waals surface area contributed by atoms with Crippen molar-refractivity contribution in [3.05, 3.63) is 0 Å². The summed E-state index contributed by atoms with van der Waals surface area (Å²) in [7, 11) is 1.40. The van der Waals surface area contributed by atoms with Crippen LogP contribution in [0.4, 0.5) is 0 Å². The molecule has 8 heteroatoms. The van der Waals surface area contributed by atoms with Crippen molar-refractivity contribution in [2.75, 3.05) is 13.7 Å². The van der Waals surface area contributed by atoms with Gasteiger partial charge < -0.3 is 0 Å². The number of aldehydes is 1. The van der Waals surface area contributed by atoms with Crippen LogP contribution < -0.4 is 21.6 Å². The van der Waals surface area contributed by atoms with Gasteiger partial charge in [0.1, 0.15) is 0 Å². The molecule has 0 spiro atoms. The third-order valence-corrected chi connectivity index (χ3v) is 8.47. The predicted molar refractivity (Wildman–Crippen MR) is 101 cm³/mol. The van der Waals surface area contributed by atoms with Crippen molar-refractivity contribution in [3.8, 4) is 0 Å². The van der Waals surface area contributed by atoms with Crippen LogP contribution in [0.3, 0.4) is 0 Å². The molecule has 1 saturated heterocycles. The first-order valence-electron chi connectivity index (χ1n) is 10.6. The number of methoxy groups -OCH3 is 1. The second-order valence-electron chi connectivity index (χ2n) is 7.78. The summed E-state index contributed by atoms with van der Waals surface area (Å²) in [6.45, 7) is 2.17. The Morgan fingerprint density at radius 1 is 1.17 bits per heavy atom. The van der Waals surface area contributed by atoms with Gasteiger partial charge in [-0.2, -0.15) is 0 Å². The van der Waals surface area contributed by atoms with Crippen molar-refractivity contribution >= 4 is 18.2 Å². The molecule has 7 nitrogen and oxygen atoms in total. The van der Waals surface area contributed by atoms with E-state index >= 15 is 0 Å². The molecule has 2 aliphatic rings. The fourth-order valence-corrected chi connectivity index (χ4v) is 6.95. The van der Waals surface area contributed by atoms with Crippen LogP contribution in [0.5, 0.6) is 0 Å². The molecule has 168 valence electrons. The third-order valence-electron chi connectivity index (χ3n) is 5.62. The number of ether oxygens (including phenoxy) is 3. The van der Waals surface area contributed by atoms with Crippen LogP contribution in [0.15, 0.2) is 0 Å². The Labute approximate surface area is 184 Å². The van der Waals surface area contributed by atoms with Crippen LogP contribution in [0, 0.1) is 11.8 Å². The van der Waals surface area contributed by atoms with Crippen LogP contribution in [0.25, 0.3) is 0 Å². The van der Waals surface area contributed by atoms with E-state index in [0.29, 0.717) is 12.8 Å². The van der Waals surface area contributed by atoms with Crippen molar-refractivity contribution in [1.82, 2.24) is 0 Å². The molecule has 0 amide bonds. The standard InChI is InChI=1S/C21H34IO7/c1-15(24)28-19-13-18(22-29-21-11-7-8-12-27-21)17(14-23)16(19)9-5-3-4-6-10-20(25)26-2/h14,16-19,21H,3-13H2,1-2H3/q-1/t16?,17-,18?,19?,21?/m1/s1. The number of alkyl halides is 1. The minimum atomic E-state index is -0.665. The number of hydrogen-bond acceptors (Lipinski definition) is 7. The van der Waals surface area contributed by atoms with Crippen LogP contribution in [-0.2, 0) is 31.7 Å². The van der Waals surface area contributed by atoms with Gasteiger partial charge in [0.05, 0.1) is 0 Å². The number of hydrogen-bond donors (Lipinski definition) is 0. The molecule has 1 heterocycles. The van der Waals surface area contributed by atoms with Gasteiger partial charge in [-0.15, -0.1) is 0 Å². The first-order chi connectivity index (χ1) is 14.0. The Morgan fingerprint density at radius 2 is 1.97 bits per heavy atom. The number of carbonyl (C=O) groups excluding carboxylic acids is 3. The Hall–Kier alpha value is -0.740. The SMILES string of the molecule is COC(=O)CCCCCCC1C(OC(C)=O)CC([I-]OC2CCCCO2)[C@@H]1C=O. The number of esters is 2. The molecule has 0 aromatic heterocycles. The number of rotatable bonds is 12. The molecule has 0 N–H and O–H groups in total. The minimum absolute atomic E-state index is 0.0533. The van der Waals surface area contributed by atoms with Gasteiger partial charge >= 0.3 is 185 Å². The van der Waals surface area contributed by atoms with Crippen molar-refractivity contribution in [2.24, 2.45) is 11.8 Å². The molecule has 29 heavy (non-hydrogen) atoms. The van der Waals surface area contributed by atoms with Gasteiger partial charge in [-0.25, -0.2) is 0 Å². The Kier molecular flexibility index (Phi) is 11.5. The second kappa shape index (κ2) is 13.5. The zero-order chi connectivity index (χ0) is 21.1. The third kappa shape index (κ3) is 8.49. The number of halogens is 1. The van der Waals surface area contributed by atoms with E-state index in [0.717, 1.165) is 64.3 Å². The molecule has 1 aliphatic heterocycles. The molecule has 0 aromatic rings. The summed E-state index contributed by atoms with van der Waals surface area (Å²) in [6, 6.07) is 0. The van der Waals surface area contributed by atoms with E-state index in [9.17, 15) is 14.4 Å². The average Bonchev–Trinajstić information content (AvgIpc) is 3.05. The zero-order valence-electron chi connectivity index (χ0n) is 17.5. The molecule has 0 radical (unpaired) electrons.